The molecule has 5 heteroatoms. The third kappa shape index (κ3) is 4.03. The van der Waals surface area contributed by atoms with Crippen molar-refractivity contribution in [2.75, 3.05) is 0 Å². The van der Waals surface area contributed by atoms with Gasteiger partial charge in [0.25, 0.3) is 0 Å². The molecule has 0 saturated carbocycles. The average molecular weight is 281 g/mol. The lowest BCUT2D eigenvalue weighted by Crippen LogP contribution is -1.91. The Balaban J connectivity index is 1.91. The van der Waals surface area contributed by atoms with E-state index in [1.807, 2.05) is 0 Å². The van der Waals surface area contributed by atoms with Crippen molar-refractivity contribution in [1.29, 1.82) is 0 Å². The Labute approximate surface area is 114 Å². The van der Waals surface area contributed by atoms with Crippen LogP contribution in [0, 0.1) is 11.6 Å². The third-order valence-corrected chi connectivity index (χ3v) is 2.51. The highest BCUT2D eigenvalue weighted by Crippen LogP contribution is 2.10. The maximum Gasteiger partial charge on any atom is 0.159 e. The first-order valence-corrected chi connectivity index (χ1v) is 5.80. The molecule has 0 atom stereocenters. The largest absolute Gasteiger partial charge is 0.390 e. The zero-order valence-electron chi connectivity index (χ0n) is 9.74. The van der Waals surface area contributed by atoms with Crippen LogP contribution < -0.4 is 0 Å². The van der Waals surface area contributed by atoms with Crippen molar-refractivity contribution in [2.24, 2.45) is 5.16 Å². The van der Waals surface area contributed by atoms with Crippen LogP contribution in [0.15, 0.2) is 47.6 Å². The second kappa shape index (κ2) is 6.29. The molecule has 0 aliphatic heterocycles. The molecule has 19 heavy (non-hydrogen) atoms. The van der Waals surface area contributed by atoms with E-state index in [1.54, 1.807) is 24.3 Å². The van der Waals surface area contributed by atoms with Crippen LogP contribution in [0.2, 0.25) is 5.02 Å². The van der Waals surface area contributed by atoms with Crippen LogP contribution in [0.1, 0.15) is 11.1 Å². The van der Waals surface area contributed by atoms with Crippen molar-refractivity contribution in [2.45, 2.75) is 6.61 Å². The van der Waals surface area contributed by atoms with Crippen molar-refractivity contribution < 1.29 is 13.6 Å². The van der Waals surface area contributed by atoms with Gasteiger partial charge in [0, 0.05) is 10.6 Å². The summed E-state index contributed by atoms with van der Waals surface area (Å²) in [6.45, 7) is 0.0325. The third-order valence-electron chi connectivity index (χ3n) is 2.28. The maximum absolute atomic E-state index is 12.9. The van der Waals surface area contributed by atoms with Gasteiger partial charge in [0.15, 0.2) is 11.6 Å². The molecule has 0 saturated heterocycles. The quantitative estimate of drug-likeness (QED) is 0.612. The summed E-state index contributed by atoms with van der Waals surface area (Å²) in [7, 11) is 0. The van der Waals surface area contributed by atoms with Gasteiger partial charge in [-0.1, -0.05) is 35.0 Å². The van der Waals surface area contributed by atoms with Crippen molar-refractivity contribution >= 4 is 17.8 Å². The second-order valence-electron chi connectivity index (χ2n) is 3.74. The minimum atomic E-state index is -0.913. The molecule has 2 rings (SSSR count). The molecule has 97 valence electrons. The van der Waals surface area contributed by atoms with Crippen LogP contribution in [0.4, 0.5) is 8.78 Å². The average Bonchev–Trinajstić information content (AvgIpc) is 2.39. The summed E-state index contributed by atoms with van der Waals surface area (Å²) in [5, 5.41) is 4.18. The Bertz CT molecular complexity index is 602. The number of benzene rings is 2. The summed E-state index contributed by atoms with van der Waals surface area (Å²) in [5.41, 5.74) is 1.15. The first kappa shape index (κ1) is 13.5. The van der Waals surface area contributed by atoms with E-state index in [4.69, 9.17) is 16.4 Å². The predicted octanol–water partition coefficient (Wildman–Crippen LogP) is 4.05. The molecule has 0 heterocycles. The fraction of sp³-hybridized carbons (Fsp3) is 0.0714. The monoisotopic (exact) mass is 280 g/mol. The molecule has 0 bridgehead atoms. The highest BCUT2D eigenvalue weighted by Gasteiger charge is 2.02. The van der Waals surface area contributed by atoms with Gasteiger partial charge >= 0.3 is 0 Å². The molecule has 0 aliphatic carbocycles. The van der Waals surface area contributed by atoms with Crippen molar-refractivity contribution in [3.05, 3.63) is 70.2 Å². The Morgan fingerprint density at radius 1 is 1.11 bits per heavy atom. The van der Waals surface area contributed by atoms with Crippen molar-refractivity contribution in [3.63, 3.8) is 0 Å². The molecule has 1 radical (unpaired) electrons. The lowest BCUT2D eigenvalue weighted by Gasteiger charge is -2.00. The molecule has 0 unspecified atom stereocenters. The lowest BCUT2D eigenvalue weighted by atomic mass is 10.2. The molecule has 2 aromatic rings. The van der Waals surface area contributed by atoms with Gasteiger partial charge < -0.3 is 4.84 Å². The molecule has 2 nitrogen and oxygen atoms in total. The van der Waals surface area contributed by atoms with Crippen LogP contribution in [-0.2, 0) is 11.4 Å². The number of halogens is 3. The zero-order chi connectivity index (χ0) is 13.7. The van der Waals surface area contributed by atoms with E-state index in [0.717, 1.165) is 12.1 Å². The highest BCUT2D eigenvalue weighted by atomic mass is 35.5. The summed E-state index contributed by atoms with van der Waals surface area (Å²) in [6, 6.07) is 10.4. The van der Waals surface area contributed by atoms with Crippen LogP contribution >= 0.6 is 11.6 Å². The molecular weight excluding hydrogens is 272 g/mol. The van der Waals surface area contributed by atoms with E-state index >= 15 is 0 Å². The van der Waals surface area contributed by atoms with Gasteiger partial charge in [-0.2, -0.15) is 0 Å². The van der Waals surface area contributed by atoms with Crippen LogP contribution in [0.3, 0.4) is 0 Å². The molecule has 0 amide bonds. The van der Waals surface area contributed by atoms with E-state index in [1.165, 1.54) is 6.07 Å². The van der Waals surface area contributed by atoms with Crippen LogP contribution in [0.25, 0.3) is 0 Å². The van der Waals surface area contributed by atoms with Crippen molar-refractivity contribution in [3.8, 4) is 0 Å². The fourth-order valence-corrected chi connectivity index (χ4v) is 1.57. The van der Waals surface area contributed by atoms with E-state index in [9.17, 15) is 8.78 Å². The minimum Gasteiger partial charge on any atom is -0.390 e. The SMILES string of the molecule is Fc1ccc(CO/N=[C]\c2cccc(Cl)c2)cc1F. The first-order valence-electron chi connectivity index (χ1n) is 5.42. The standard InChI is InChI=1S/C14H9ClF2NO/c15-12-3-1-2-10(6-12)8-18-19-9-11-4-5-13(16)14(17)7-11/h1-7H,9H2. The summed E-state index contributed by atoms with van der Waals surface area (Å²) < 4.78 is 25.6. The molecule has 0 spiro atoms. The van der Waals surface area contributed by atoms with Gasteiger partial charge in [-0.3, -0.25) is 0 Å². The maximum atomic E-state index is 12.9. The Morgan fingerprint density at radius 3 is 2.68 bits per heavy atom. The van der Waals surface area contributed by atoms with E-state index in [-0.39, 0.29) is 6.61 Å². The highest BCUT2D eigenvalue weighted by molar-refractivity contribution is 6.30. The molecule has 0 aromatic heterocycles. The summed E-state index contributed by atoms with van der Waals surface area (Å²) in [6.07, 6.45) is 2.63. The number of hydrogen-bond donors (Lipinski definition) is 0. The number of rotatable bonds is 4. The van der Waals surface area contributed by atoms with E-state index in [0.29, 0.717) is 16.1 Å². The topological polar surface area (TPSA) is 21.6 Å². The molecule has 0 fully saturated rings. The summed E-state index contributed by atoms with van der Waals surface area (Å²) in [5.74, 6) is -1.80. The van der Waals surface area contributed by atoms with Gasteiger partial charge in [-0.05, 0) is 29.8 Å². The molecule has 0 aliphatic rings. The van der Waals surface area contributed by atoms with Gasteiger partial charge in [0.05, 0.1) is 0 Å². The van der Waals surface area contributed by atoms with Gasteiger partial charge in [-0.25, -0.2) is 8.78 Å². The Hall–Kier alpha value is -1.94. The van der Waals surface area contributed by atoms with Gasteiger partial charge in [0.2, 0.25) is 0 Å². The Kier molecular flexibility index (Phi) is 4.47. The zero-order valence-corrected chi connectivity index (χ0v) is 10.5. The van der Waals surface area contributed by atoms with Crippen molar-refractivity contribution in [1.82, 2.24) is 0 Å². The minimum absolute atomic E-state index is 0.0325. The number of nitrogens with zero attached hydrogens (tertiary/aromatic N) is 1. The summed E-state index contributed by atoms with van der Waals surface area (Å²) in [4.78, 5) is 4.94. The second-order valence-corrected chi connectivity index (χ2v) is 4.17. The van der Waals surface area contributed by atoms with Gasteiger partial charge in [-0.15, -0.1) is 0 Å². The smallest absolute Gasteiger partial charge is 0.159 e. The lowest BCUT2D eigenvalue weighted by molar-refractivity contribution is 0.132. The van der Waals surface area contributed by atoms with Crippen LogP contribution in [0.5, 0.6) is 0 Å². The molecule has 0 N–H and O–H groups in total. The normalized spacial score (nSPS) is 10.9. The van der Waals surface area contributed by atoms with Crippen LogP contribution in [-0.4, -0.2) is 6.21 Å². The Morgan fingerprint density at radius 2 is 1.95 bits per heavy atom. The molecular formula is C14H9ClF2NO. The fourth-order valence-electron chi connectivity index (χ4n) is 1.38. The molecule has 2 aromatic carbocycles. The van der Waals surface area contributed by atoms with Gasteiger partial charge in [0.1, 0.15) is 12.8 Å². The first-order chi connectivity index (χ1) is 9.15. The number of hydrogen-bond acceptors (Lipinski definition) is 2. The summed E-state index contributed by atoms with van der Waals surface area (Å²) >= 11 is 5.79. The van der Waals surface area contributed by atoms with E-state index in [2.05, 4.69) is 11.4 Å². The predicted molar refractivity (Wildman–Crippen MR) is 69.1 cm³/mol. The van der Waals surface area contributed by atoms with E-state index < -0.39 is 11.6 Å².